The van der Waals surface area contributed by atoms with E-state index >= 15 is 0 Å². The lowest BCUT2D eigenvalue weighted by Crippen LogP contribution is -2.24. The van der Waals surface area contributed by atoms with Crippen LogP contribution in [0.5, 0.6) is 0 Å². The molecule has 4 rings (SSSR count). The number of fused-ring (bicyclic) bond motifs is 1. The van der Waals surface area contributed by atoms with E-state index < -0.39 is 0 Å². The zero-order valence-corrected chi connectivity index (χ0v) is 12.4. The highest BCUT2D eigenvalue weighted by Gasteiger charge is 2.21. The van der Waals surface area contributed by atoms with E-state index in [4.69, 9.17) is 0 Å². The summed E-state index contributed by atoms with van der Waals surface area (Å²) >= 11 is 0. The van der Waals surface area contributed by atoms with Crippen LogP contribution in [0, 0.1) is 0 Å². The molecule has 3 nitrogen and oxygen atoms in total. The summed E-state index contributed by atoms with van der Waals surface area (Å²) in [7, 11) is 0. The number of nitrogens with one attached hydrogen (secondary N) is 1. The van der Waals surface area contributed by atoms with Gasteiger partial charge in [-0.05, 0) is 22.4 Å². The van der Waals surface area contributed by atoms with Gasteiger partial charge >= 0.3 is 0 Å². The van der Waals surface area contributed by atoms with Crippen molar-refractivity contribution in [2.24, 2.45) is 4.99 Å². The highest BCUT2D eigenvalue weighted by atomic mass is 16.2. The van der Waals surface area contributed by atoms with Crippen LogP contribution in [0.4, 0.5) is 0 Å². The number of carbonyl (C=O) groups excluding carboxylic acids is 1. The van der Waals surface area contributed by atoms with Crippen LogP contribution in [-0.4, -0.2) is 11.7 Å². The zero-order chi connectivity index (χ0) is 15.6. The molecule has 0 saturated carbocycles. The average Bonchev–Trinajstić information content (AvgIpc) is 2.97. The zero-order valence-electron chi connectivity index (χ0n) is 12.4. The minimum Gasteiger partial charge on any atom is -0.305 e. The van der Waals surface area contributed by atoms with Crippen LogP contribution in [-0.2, 0) is 4.79 Å². The van der Waals surface area contributed by atoms with Crippen molar-refractivity contribution in [1.29, 1.82) is 0 Å². The summed E-state index contributed by atoms with van der Waals surface area (Å²) < 4.78 is 0. The van der Waals surface area contributed by atoms with Crippen molar-refractivity contribution < 1.29 is 4.79 Å². The summed E-state index contributed by atoms with van der Waals surface area (Å²) in [4.78, 5) is 16.7. The van der Waals surface area contributed by atoms with Gasteiger partial charge in [-0.2, -0.15) is 0 Å². The second-order valence-corrected chi connectivity index (χ2v) is 5.38. The summed E-state index contributed by atoms with van der Waals surface area (Å²) in [5.74, 6) is 0.430. The van der Waals surface area contributed by atoms with Gasteiger partial charge in [0.2, 0.25) is 0 Å². The number of nitrogens with zero attached hydrogens (tertiary/aromatic N) is 1. The van der Waals surface area contributed by atoms with Crippen LogP contribution in [0.2, 0.25) is 0 Å². The molecule has 1 aliphatic heterocycles. The first-order valence-corrected chi connectivity index (χ1v) is 7.46. The quantitative estimate of drug-likeness (QED) is 0.719. The lowest BCUT2D eigenvalue weighted by atomic mass is 10.0. The van der Waals surface area contributed by atoms with Crippen molar-refractivity contribution in [2.45, 2.75) is 0 Å². The van der Waals surface area contributed by atoms with Crippen molar-refractivity contribution in [3.05, 3.63) is 89.6 Å². The van der Waals surface area contributed by atoms with Crippen molar-refractivity contribution in [3.63, 3.8) is 0 Å². The summed E-state index contributed by atoms with van der Waals surface area (Å²) in [6, 6.07) is 23.8. The summed E-state index contributed by atoms with van der Waals surface area (Å²) in [6.07, 6.45) is 1.84. The molecular weight excluding hydrogens is 284 g/mol. The highest BCUT2D eigenvalue weighted by Crippen LogP contribution is 2.22. The first-order chi connectivity index (χ1) is 11.3. The van der Waals surface area contributed by atoms with Gasteiger partial charge in [0.1, 0.15) is 11.5 Å². The fraction of sp³-hybridized carbons (Fsp3) is 0. The molecule has 0 fully saturated rings. The largest absolute Gasteiger partial charge is 0.305 e. The smallest absolute Gasteiger partial charge is 0.275 e. The summed E-state index contributed by atoms with van der Waals surface area (Å²) in [6.45, 7) is 0. The molecule has 0 aromatic heterocycles. The van der Waals surface area contributed by atoms with Crippen LogP contribution in [0.25, 0.3) is 16.8 Å². The van der Waals surface area contributed by atoms with Crippen molar-refractivity contribution >= 4 is 28.6 Å². The molecular formula is C20H14N2O. The van der Waals surface area contributed by atoms with Gasteiger partial charge in [-0.3, -0.25) is 4.79 Å². The predicted molar refractivity (Wildman–Crippen MR) is 93.0 cm³/mol. The van der Waals surface area contributed by atoms with Gasteiger partial charge in [0.15, 0.2) is 0 Å². The molecule has 0 bridgehead atoms. The van der Waals surface area contributed by atoms with Crippen LogP contribution in [0.15, 0.2) is 83.5 Å². The number of carbonyl (C=O) groups is 1. The maximum atomic E-state index is 12.2. The van der Waals surface area contributed by atoms with E-state index in [0.29, 0.717) is 11.5 Å². The maximum Gasteiger partial charge on any atom is 0.275 e. The first kappa shape index (κ1) is 13.5. The molecule has 110 valence electrons. The Kier molecular flexibility index (Phi) is 3.24. The van der Waals surface area contributed by atoms with Crippen LogP contribution in [0.1, 0.15) is 11.1 Å². The molecule has 0 spiro atoms. The fourth-order valence-corrected chi connectivity index (χ4v) is 2.72. The third-order valence-corrected chi connectivity index (χ3v) is 3.86. The molecule has 0 saturated heterocycles. The van der Waals surface area contributed by atoms with Crippen LogP contribution in [0.3, 0.4) is 0 Å². The third-order valence-electron chi connectivity index (χ3n) is 3.86. The Labute approximate surface area is 134 Å². The van der Waals surface area contributed by atoms with Gasteiger partial charge in [-0.15, -0.1) is 0 Å². The van der Waals surface area contributed by atoms with Crippen LogP contribution < -0.4 is 5.32 Å². The minimum absolute atomic E-state index is 0.170. The molecule has 1 aliphatic rings. The summed E-state index contributed by atoms with van der Waals surface area (Å²) in [5.41, 5.74) is 2.33. The first-order valence-electron chi connectivity index (χ1n) is 7.46. The Morgan fingerprint density at radius 1 is 0.826 bits per heavy atom. The fourth-order valence-electron chi connectivity index (χ4n) is 2.72. The van der Waals surface area contributed by atoms with Crippen molar-refractivity contribution in [3.8, 4) is 0 Å². The molecule has 0 atom stereocenters. The normalized spacial score (nSPS) is 15.7. The number of amidine groups is 1. The van der Waals surface area contributed by atoms with Gasteiger partial charge in [-0.25, -0.2) is 4.99 Å². The monoisotopic (exact) mass is 298 g/mol. The van der Waals surface area contributed by atoms with E-state index in [2.05, 4.69) is 28.5 Å². The lowest BCUT2D eigenvalue weighted by Gasteiger charge is -2.01. The molecule has 3 heteroatoms. The molecule has 1 N–H and O–H groups in total. The Morgan fingerprint density at radius 3 is 2.43 bits per heavy atom. The van der Waals surface area contributed by atoms with Gasteiger partial charge in [0, 0.05) is 5.56 Å². The number of hydrogen-bond acceptors (Lipinski definition) is 2. The molecule has 0 radical (unpaired) electrons. The standard InChI is InChI=1S/C20H14N2O/c23-20-18(21-19(22-20)15-8-2-1-3-9-15)13-16-11-6-10-14-7-4-5-12-17(14)16/h1-13H,(H,21,22,23). The Hall–Kier alpha value is -3.20. The van der Waals surface area contributed by atoms with Gasteiger partial charge in [0.25, 0.3) is 5.91 Å². The van der Waals surface area contributed by atoms with E-state index in [1.807, 2.05) is 60.7 Å². The predicted octanol–water partition coefficient (Wildman–Crippen LogP) is 3.76. The number of hydrogen-bond donors (Lipinski definition) is 1. The molecule has 23 heavy (non-hydrogen) atoms. The average molecular weight is 298 g/mol. The number of aliphatic imine (C=N–C) groups is 1. The number of amides is 1. The Bertz CT molecular complexity index is 950. The maximum absolute atomic E-state index is 12.2. The van der Waals surface area contributed by atoms with Gasteiger partial charge in [-0.1, -0.05) is 72.8 Å². The van der Waals surface area contributed by atoms with Gasteiger partial charge in [0.05, 0.1) is 0 Å². The van der Waals surface area contributed by atoms with Crippen molar-refractivity contribution in [2.75, 3.05) is 0 Å². The van der Waals surface area contributed by atoms with Crippen molar-refractivity contribution in [1.82, 2.24) is 5.32 Å². The topological polar surface area (TPSA) is 41.5 Å². The highest BCUT2D eigenvalue weighted by molar-refractivity contribution is 6.20. The number of rotatable bonds is 2. The summed E-state index contributed by atoms with van der Waals surface area (Å²) in [5, 5.41) is 5.09. The lowest BCUT2D eigenvalue weighted by molar-refractivity contribution is -0.115. The SMILES string of the molecule is O=C1NC(c2ccccc2)=NC1=Cc1cccc2ccccc12. The second-order valence-electron chi connectivity index (χ2n) is 5.38. The van der Waals surface area contributed by atoms with E-state index in [9.17, 15) is 4.79 Å². The molecule has 3 aromatic carbocycles. The molecule has 0 aliphatic carbocycles. The molecule has 0 unspecified atom stereocenters. The van der Waals surface area contributed by atoms with E-state index in [1.54, 1.807) is 0 Å². The third kappa shape index (κ3) is 2.53. The number of benzene rings is 3. The molecule has 3 aromatic rings. The minimum atomic E-state index is -0.170. The van der Waals surface area contributed by atoms with E-state index in [-0.39, 0.29) is 5.91 Å². The van der Waals surface area contributed by atoms with Crippen LogP contribution >= 0.6 is 0 Å². The van der Waals surface area contributed by atoms with E-state index in [1.165, 1.54) is 0 Å². The van der Waals surface area contributed by atoms with E-state index in [0.717, 1.165) is 21.9 Å². The Balaban J connectivity index is 1.79. The van der Waals surface area contributed by atoms with Gasteiger partial charge < -0.3 is 5.32 Å². The second kappa shape index (κ2) is 5.54. The Morgan fingerprint density at radius 2 is 1.57 bits per heavy atom. The molecule has 1 amide bonds. The molecule has 1 heterocycles.